The Hall–Kier alpha value is -0.800. The van der Waals surface area contributed by atoms with E-state index >= 15 is 0 Å². The predicted octanol–water partition coefficient (Wildman–Crippen LogP) is 4.84. The summed E-state index contributed by atoms with van der Waals surface area (Å²) < 4.78 is 2.08. The molecule has 2 aromatic rings. The standard InChI is InChI=1S/C16H13Cl2N3S2/c17-9-1-2-10(12(18)5-9)13-7-22-16-14(21-4-3-20-8-21)11(6-19)15(16)23-13/h1-5,8,11,13-16H,7H2. The molecule has 1 aliphatic heterocycles. The second-order valence-corrected chi connectivity index (χ2v) is 9.15. The Morgan fingerprint density at radius 3 is 2.87 bits per heavy atom. The Bertz CT molecular complexity index is 759. The molecular formula is C16H13Cl2N3S2. The number of hydrogen-bond donors (Lipinski definition) is 0. The van der Waals surface area contributed by atoms with Gasteiger partial charge < -0.3 is 4.57 Å². The molecule has 1 aromatic carbocycles. The average Bonchev–Trinajstić information content (AvgIpc) is 3.03. The van der Waals surface area contributed by atoms with Gasteiger partial charge in [0.1, 0.15) is 0 Å². The molecule has 2 heterocycles. The number of hydrogen-bond acceptors (Lipinski definition) is 4. The van der Waals surface area contributed by atoms with E-state index in [-0.39, 0.29) is 12.0 Å². The first-order valence-corrected chi connectivity index (χ1v) is 10.0. The van der Waals surface area contributed by atoms with Crippen LogP contribution in [0.25, 0.3) is 0 Å². The molecule has 23 heavy (non-hydrogen) atoms. The molecule has 4 rings (SSSR count). The van der Waals surface area contributed by atoms with Crippen LogP contribution in [-0.2, 0) is 0 Å². The van der Waals surface area contributed by atoms with E-state index in [1.807, 2.05) is 48.2 Å². The summed E-state index contributed by atoms with van der Waals surface area (Å²) in [4.78, 5) is 4.12. The van der Waals surface area contributed by atoms with Crippen LogP contribution in [0.2, 0.25) is 10.0 Å². The first kappa shape index (κ1) is 15.7. The minimum atomic E-state index is 0.0144. The summed E-state index contributed by atoms with van der Waals surface area (Å²) in [5.74, 6) is 1.01. The van der Waals surface area contributed by atoms with Gasteiger partial charge in [-0.15, -0.1) is 11.8 Å². The van der Waals surface area contributed by atoms with Crippen LogP contribution in [0.3, 0.4) is 0 Å². The van der Waals surface area contributed by atoms with Crippen LogP contribution >= 0.6 is 46.7 Å². The van der Waals surface area contributed by atoms with Gasteiger partial charge >= 0.3 is 0 Å². The molecule has 0 bridgehead atoms. The van der Waals surface area contributed by atoms with E-state index in [0.717, 1.165) is 11.3 Å². The Morgan fingerprint density at radius 2 is 2.17 bits per heavy atom. The van der Waals surface area contributed by atoms with Crippen LogP contribution in [0.15, 0.2) is 36.9 Å². The number of fused-ring (bicyclic) bond motifs is 1. The monoisotopic (exact) mass is 381 g/mol. The van der Waals surface area contributed by atoms with Gasteiger partial charge in [0.25, 0.3) is 0 Å². The maximum atomic E-state index is 9.59. The summed E-state index contributed by atoms with van der Waals surface area (Å²) in [5.41, 5.74) is 1.12. The van der Waals surface area contributed by atoms with Crippen LogP contribution in [0.5, 0.6) is 0 Å². The molecule has 1 saturated carbocycles. The van der Waals surface area contributed by atoms with Crippen molar-refractivity contribution in [3.8, 4) is 6.07 Å². The molecular weight excluding hydrogens is 369 g/mol. The van der Waals surface area contributed by atoms with E-state index < -0.39 is 0 Å². The van der Waals surface area contributed by atoms with Gasteiger partial charge in [-0.1, -0.05) is 29.3 Å². The quantitative estimate of drug-likeness (QED) is 0.745. The number of nitrogens with zero attached hydrogens (tertiary/aromatic N) is 3. The van der Waals surface area contributed by atoms with Gasteiger partial charge in [-0.3, -0.25) is 0 Å². The largest absolute Gasteiger partial charge is 0.332 e. The second kappa shape index (κ2) is 6.25. The molecule has 0 N–H and O–H groups in total. The van der Waals surface area contributed by atoms with E-state index in [1.165, 1.54) is 0 Å². The predicted molar refractivity (Wildman–Crippen MR) is 97.2 cm³/mol. The average molecular weight is 382 g/mol. The molecule has 1 aliphatic carbocycles. The number of imidazole rings is 1. The zero-order valence-electron chi connectivity index (χ0n) is 12.0. The molecule has 1 aromatic heterocycles. The van der Waals surface area contributed by atoms with Crippen molar-refractivity contribution < 1.29 is 0 Å². The van der Waals surface area contributed by atoms with Crippen molar-refractivity contribution in [2.45, 2.75) is 21.8 Å². The van der Waals surface area contributed by atoms with Crippen LogP contribution < -0.4 is 0 Å². The van der Waals surface area contributed by atoms with Gasteiger partial charge in [0.05, 0.1) is 24.4 Å². The molecule has 0 amide bonds. The Morgan fingerprint density at radius 1 is 1.30 bits per heavy atom. The maximum absolute atomic E-state index is 9.59. The lowest BCUT2D eigenvalue weighted by Gasteiger charge is -2.52. The number of benzene rings is 1. The molecule has 7 heteroatoms. The highest BCUT2D eigenvalue weighted by molar-refractivity contribution is 8.07. The highest BCUT2D eigenvalue weighted by Gasteiger charge is 2.55. The van der Waals surface area contributed by atoms with Crippen molar-refractivity contribution >= 4 is 46.7 Å². The lowest BCUT2D eigenvalue weighted by molar-refractivity contribution is 0.260. The molecule has 5 atom stereocenters. The fourth-order valence-electron chi connectivity index (χ4n) is 3.31. The fourth-order valence-corrected chi connectivity index (χ4v) is 7.78. The number of halogens is 2. The third-order valence-electron chi connectivity index (χ3n) is 4.47. The van der Waals surface area contributed by atoms with Crippen LogP contribution in [0, 0.1) is 17.2 Å². The van der Waals surface area contributed by atoms with Crippen LogP contribution in [-0.4, -0.2) is 25.8 Å². The minimum Gasteiger partial charge on any atom is -0.332 e. The van der Waals surface area contributed by atoms with Gasteiger partial charge in [-0.2, -0.15) is 17.0 Å². The Kier molecular flexibility index (Phi) is 4.27. The normalized spacial score (nSPS) is 32.7. The first-order valence-electron chi connectivity index (χ1n) is 7.28. The third-order valence-corrected chi connectivity index (χ3v) is 8.55. The molecule has 2 fully saturated rings. The molecule has 118 valence electrons. The lowest BCUT2D eigenvalue weighted by Crippen LogP contribution is -2.54. The fraction of sp³-hybridized carbons (Fsp3) is 0.375. The van der Waals surface area contributed by atoms with Crippen molar-refractivity contribution in [3.63, 3.8) is 0 Å². The van der Waals surface area contributed by atoms with Gasteiger partial charge in [-0.25, -0.2) is 4.98 Å². The minimum absolute atomic E-state index is 0.0144. The summed E-state index contributed by atoms with van der Waals surface area (Å²) in [6.07, 6.45) is 5.55. The topological polar surface area (TPSA) is 41.6 Å². The number of nitriles is 1. The van der Waals surface area contributed by atoms with Crippen molar-refractivity contribution in [1.29, 1.82) is 5.26 Å². The SMILES string of the molecule is N#CC1C2SC(c3ccc(Cl)cc3Cl)CSC2C1n1ccnc1. The molecule has 1 saturated heterocycles. The van der Waals surface area contributed by atoms with E-state index in [1.54, 1.807) is 12.3 Å². The van der Waals surface area contributed by atoms with Crippen LogP contribution in [0.4, 0.5) is 0 Å². The van der Waals surface area contributed by atoms with E-state index in [0.29, 0.717) is 25.8 Å². The van der Waals surface area contributed by atoms with E-state index in [4.69, 9.17) is 23.2 Å². The van der Waals surface area contributed by atoms with E-state index in [9.17, 15) is 5.26 Å². The summed E-state index contributed by atoms with van der Waals surface area (Å²) >= 11 is 16.2. The molecule has 2 aliphatic rings. The lowest BCUT2D eigenvalue weighted by atomic mass is 9.79. The molecule has 0 spiro atoms. The van der Waals surface area contributed by atoms with Crippen molar-refractivity contribution in [2.75, 3.05) is 5.75 Å². The zero-order chi connectivity index (χ0) is 16.0. The summed E-state index contributed by atoms with van der Waals surface area (Å²) in [6, 6.07) is 8.42. The Labute approximate surface area is 153 Å². The highest BCUT2D eigenvalue weighted by Crippen LogP contribution is 2.60. The highest BCUT2D eigenvalue weighted by atomic mass is 35.5. The molecule has 3 nitrogen and oxygen atoms in total. The van der Waals surface area contributed by atoms with Crippen molar-refractivity contribution in [1.82, 2.24) is 9.55 Å². The smallest absolute Gasteiger partial charge is 0.0949 e. The van der Waals surface area contributed by atoms with Gasteiger partial charge in [-0.05, 0) is 17.7 Å². The maximum Gasteiger partial charge on any atom is 0.0949 e. The second-order valence-electron chi connectivity index (χ2n) is 5.71. The summed E-state index contributed by atoms with van der Waals surface area (Å²) in [5, 5.41) is 12.1. The summed E-state index contributed by atoms with van der Waals surface area (Å²) in [7, 11) is 0. The number of rotatable bonds is 2. The van der Waals surface area contributed by atoms with Gasteiger partial charge in [0, 0.05) is 43.9 Å². The van der Waals surface area contributed by atoms with E-state index in [2.05, 4.69) is 15.6 Å². The van der Waals surface area contributed by atoms with Crippen molar-refractivity contribution in [2.24, 2.45) is 5.92 Å². The zero-order valence-corrected chi connectivity index (χ0v) is 15.1. The van der Waals surface area contributed by atoms with Crippen molar-refractivity contribution in [3.05, 3.63) is 52.5 Å². The molecule has 5 unspecified atom stereocenters. The number of thioether (sulfide) groups is 2. The molecule has 0 radical (unpaired) electrons. The summed E-state index contributed by atoms with van der Waals surface area (Å²) in [6.45, 7) is 0. The Balaban J connectivity index is 1.55. The van der Waals surface area contributed by atoms with Crippen LogP contribution in [0.1, 0.15) is 16.9 Å². The number of aromatic nitrogens is 2. The first-order chi connectivity index (χ1) is 11.2. The van der Waals surface area contributed by atoms with Gasteiger partial charge in [0.15, 0.2) is 0 Å². The van der Waals surface area contributed by atoms with Gasteiger partial charge in [0.2, 0.25) is 0 Å². The third kappa shape index (κ3) is 2.66.